The number of nitrogen functional groups attached to an aromatic ring is 1. The molecule has 108 valence electrons. The van der Waals surface area contributed by atoms with Gasteiger partial charge in [-0.05, 0) is 59.2 Å². The van der Waals surface area contributed by atoms with Gasteiger partial charge in [0, 0.05) is 16.0 Å². The molecule has 0 aliphatic heterocycles. The van der Waals surface area contributed by atoms with Gasteiger partial charge in [0.15, 0.2) is 5.82 Å². The molecule has 0 radical (unpaired) electrons. The van der Waals surface area contributed by atoms with Gasteiger partial charge in [-0.25, -0.2) is 0 Å². The van der Waals surface area contributed by atoms with Crippen LogP contribution < -0.4 is 10.5 Å². The third-order valence-electron chi connectivity index (χ3n) is 3.25. The van der Waals surface area contributed by atoms with E-state index in [4.69, 9.17) is 10.5 Å². The molecular formula is C15H15IN4O. The van der Waals surface area contributed by atoms with Crippen molar-refractivity contribution in [3.63, 3.8) is 0 Å². The second-order valence-corrected chi connectivity index (χ2v) is 5.88. The quantitative estimate of drug-likeness (QED) is 0.515. The van der Waals surface area contributed by atoms with Crippen LogP contribution in [0.15, 0.2) is 36.7 Å². The van der Waals surface area contributed by atoms with E-state index in [-0.39, 0.29) is 0 Å². The van der Waals surface area contributed by atoms with Crippen LogP contribution in [0.4, 0.5) is 5.82 Å². The van der Waals surface area contributed by atoms with Gasteiger partial charge >= 0.3 is 0 Å². The van der Waals surface area contributed by atoms with Crippen LogP contribution >= 0.6 is 22.6 Å². The maximum absolute atomic E-state index is 5.87. The number of nitrogens with zero attached hydrogens (tertiary/aromatic N) is 2. The number of aromatic amines is 1. The zero-order chi connectivity index (χ0) is 14.7. The number of nitrogens with two attached hydrogens (primary N) is 1. The Labute approximate surface area is 136 Å². The highest BCUT2D eigenvalue weighted by Crippen LogP contribution is 2.31. The van der Waals surface area contributed by atoms with E-state index >= 15 is 0 Å². The first-order valence-corrected chi connectivity index (χ1v) is 7.77. The number of nitrogens with one attached hydrogen (secondary N) is 1. The molecule has 6 heteroatoms. The Morgan fingerprint density at radius 1 is 1.29 bits per heavy atom. The maximum atomic E-state index is 5.87. The first-order chi connectivity index (χ1) is 10.3. The normalized spacial score (nSPS) is 10.9. The van der Waals surface area contributed by atoms with Gasteiger partial charge < -0.3 is 10.5 Å². The number of H-pyrrole nitrogens is 1. The zero-order valence-corrected chi connectivity index (χ0v) is 13.5. The molecule has 0 bridgehead atoms. The highest BCUT2D eigenvalue weighted by Gasteiger charge is 2.11. The molecule has 1 aromatic carbocycles. The van der Waals surface area contributed by atoms with E-state index in [1.54, 1.807) is 6.20 Å². The number of hydrogen-bond acceptors (Lipinski definition) is 4. The topological polar surface area (TPSA) is 76.8 Å². The smallest absolute Gasteiger partial charge is 0.154 e. The Morgan fingerprint density at radius 3 is 3.00 bits per heavy atom. The number of rotatable bonds is 5. The summed E-state index contributed by atoms with van der Waals surface area (Å²) in [5.41, 5.74) is 7.95. The molecule has 0 aliphatic carbocycles. The van der Waals surface area contributed by atoms with Crippen LogP contribution in [0.2, 0.25) is 0 Å². The third-order valence-corrected chi connectivity index (χ3v) is 4.15. The first kappa shape index (κ1) is 14.1. The largest absolute Gasteiger partial charge is 0.491 e. The lowest BCUT2D eigenvalue weighted by molar-refractivity contribution is 0.314. The number of halogens is 1. The van der Waals surface area contributed by atoms with E-state index in [0.717, 1.165) is 33.1 Å². The first-order valence-electron chi connectivity index (χ1n) is 6.69. The van der Waals surface area contributed by atoms with Crippen LogP contribution in [0.3, 0.4) is 0 Å². The van der Waals surface area contributed by atoms with Gasteiger partial charge in [0.05, 0.1) is 12.0 Å². The number of aromatic nitrogens is 3. The van der Waals surface area contributed by atoms with Gasteiger partial charge in [0.25, 0.3) is 0 Å². The molecule has 0 atom stereocenters. The fourth-order valence-corrected chi connectivity index (χ4v) is 2.94. The van der Waals surface area contributed by atoms with Crippen LogP contribution in [-0.2, 0) is 6.42 Å². The van der Waals surface area contributed by atoms with Crippen LogP contribution in [0.1, 0.15) is 12.0 Å². The molecule has 0 saturated heterocycles. The molecule has 5 nitrogen and oxygen atoms in total. The number of hydrogen-bond donors (Lipinski definition) is 2. The van der Waals surface area contributed by atoms with E-state index in [1.165, 1.54) is 5.56 Å². The number of anilines is 1. The van der Waals surface area contributed by atoms with Crippen LogP contribution in [0, 0.1) is 3.57 Å². The fraction of sp³-hybridized carbons (Fsp3) is 0.200. The van der Waals surface area contributed by atoms with Crippen molar-refractivity contribution >= 4 is 39.3 Å². The lowest BCUT2D eigenvalue weighted by Crippen LogP contribution is -2.00. The molecule has 21 heavy (non-hydrogen) atoms. The Bertz CT molecular complexity index is 742. The van der Waals surface area contributed by atoms with Crippen molar-refractivity contribution in [3.8, 4) is 5.75 Å². The van der Waals surface area contributed by atoms with Crippen molar-refractivity contribution in [2.75, 3.05) is 12.3 Å². The molecule has 2 heterocycles. The minimum Gasteiger partial charge on any atom is -0.491 e. The van der Waals surface area contributed by atoms with Gasteiger partial charge in [-0.1, -0.05) is 6.07 Å². The molecule has 0 spiro atoms. The van der Waals surface area contributed by atoms with Crippen molar-refractivity contribution < 1.29 is 4.74 Å². The molecule has 0 amide bonds. The molecule has 2 aromatic heterocycles. The van der Waals surface area contributed by atoms with Crippen molar-refractivity contribution in [1.82, 2.24) is 15.2 Å². The van der Waals surface area contributed by atoms with Crippen molar-refractivity contribution in [2.24, 2.45) is 0 Å². The summed E-state index contributed by atoms with van der Waals surface area (Å²) in [5.74, 6) is 1.30. The van der Waals surface area contributed by atoms with Crippen molar-refractivity contribution in [3.05, 3.63) is 45.8 Å². The number of benzene rings is 1. The average Bonchev–Trinajstić information content (AvgIpc) is 2.90. The summed E-state index contributed by atoms with van der Waals surface area (Å²) >= 11 is 2.25. The van der Waals surface area contributed by atoms with Gasteiger partial charge in [-0.15, -0.1) is 0 Å². The fourth-order valence-electron chi connectivity index (χ4n) is 2.22. The Kier molecular flexibility index (Phi) is 4.23. The van der Waals surface area contributed by atoms with Crippen molar-refractivity contribution in [1.29, 1.82) is 0 Å². The predicted octanol–water partition coefficient (Wildman–Crippen LogP) is 3.16. The standard InChI is InChI=1S/C15H15IN4O/c16-11-5-6-12(14-13(11)15(17)20-19-14)21-8-2-4-10-3-1-7-18-9-10/h1,3,5-7,9H,2,4,8H2,(H3,17,19,20). The molecule has 0 unspecified atom stereocenters. The molecule has 3 rings (SSSR count). The summed E-state index contributed by atoms with van der Waals surface area (Å²) in [6, 6.07) is 7.97. The van der Waals surface area contributed by atoms with Gasteiger partial charge in [0.1, 0.15) is 11.3 Å². The number of fused-ring (bicyclic) bond motifs is 1. The third kappa shape index (κ3) is 3.10. The van der Waals surface area contributed by atoms with Crippen LogP contribution in [-0.4, -0.2) is 21.8 Å². The zero-order valence-electron chi connectivity index (χ0n) is 11.3. The second-order valence-electron chi connectivity index (χ2n) is 4.72. The van der Waals surface area contributed by atoms with Crippen molar-refractivity contribution in [2.45, 2.75) is 12.8 Å². The van der Waals surface area contributed by atoms with E-state index in [0.29, 0.717) is 12.4 Å². The maximum Gasteiger partial charge on any atom is 0.154 e. The van der Waals surface area contributed by atoms with E-state index in [2.05, 4.69) is 43.8 Å². The van der Waals surface area contributed by atoms with Gasteiger partial charge in [-0.3, -0.25) is 10.1 Å². The highest BCUT2D eigenvalue weighted by molar-refractivity contribution is 14.1. The van der Waals surface area contributed by atoms with Gasteiger partial charge in [-0.2, -0.15) is 5.10 Å². The summed E-state index contributed by atoms with van der Waals surface area (Å²) in [4.78, 5) is 4.11. The summed E-state index contributed by atoms with van der Waals surface area (Å²) in [5, 5.41) is 7.92. The molecule has 0 aliphatic rings. The Balaban J connectivity index is 1.65. The minimum absolute atomic E-state index is 0.509. The number of ether oxygens (including phenoxy) is 1. The van der Waals surface area contributed by atoms with E-state index < -0.39 is 0 Å². The molecule has 0 fully saturated rings. The summed E-state index contributed by atoms with van der Waals surface area (Å²) in [6.07, 6.45) is 5.55. The van der Waals surface area contributed by atoms with E-state index in [9.17, 15) is 0 Å². The minimum atomic E-state index is 0.509. The molecular weight excluding hydrogens is 379 g/mol. The monoisotopic (exact) mass is 394 g/mol. The predicted molar refractivity (Wildman–Crippen MR) is 91.3 cm³/mol. The SMILES string of the molecule is Nc1n[nH]c2c(OCCCc3cccnc3)ccc(I)c12. The summed E-state index contributed by atoms with van der Waals surface area (Å²) < 4.78 is 6.93. The summed E-state index contributed by atoms with van der Waals surface area (Å²) in [6.45, 7) is 0.642. The van der Waals surface area contributed by atoms with Gasteiger partial charge in [0.2, 0.25) is 0 Å². The molecule has 0 saturated carbocycles. The molecule has 3 N–H and O–H groups in total. The molecule has 3 aromatic rings. The summed E-state index contributed by atoms with van der Waals surface area (Å²) in [7, 11) is 0. The highest BCUT2D eigenvalue weighted by atomic mass is 127. The Hall–Kier alpha value is -1.83. The second kappa shape index (κ2) is 6.30. The van der Waals surface area contributed by atoms with Crippen LogP contribution in [0.5, 0.6) is 5.75 Å². The lowest BCUT2D eigenvalue weighted by Gasteiger charge is -2.08. The number of aryl methyl sites for hydroxylation is 1. The van der Waals surface area contributed by atoms with Crippen LogP contribution in [0.25, 0.3) is 10.9 Å². The lowest BCUT2D eigenvalue weighted by atomic mass is 10.2. The average molecular weight is 394 g/mol. The number of pyridine rings is 1. The van der Waals surface area contributed by atoms with E-state index in [1.807, 2.05) is 24.4 Å². The Morgan fingerprint density at radius 2 is 2.19 bits per heavy atom.